The fraction of sp³-hybridized carbons (Fsp3) is 0.800. The highest BCUT2D eigenvalue weighted by Crippen LogP contribution is 2.14. The van der Waals surface area contributed by atoms with E-state index in [2.05, 4.69) is 39.8 Å². The largest absolute Gasteiger partial charge is 0.334 e. The van der Waals surface area contributed by atoms with Crippen LogP contribution in [0.4, 0.5) is 0 Å². The molecule has 1 saturated heterocycles. The minimum atomic E-state index is 0.810. The van der Waals surface area contributed by atoms with E-state index in [0.29, 0.717) is 0 Å². The number of rotatable bonds is 7. The van der Waals surface area contributed by atoms with Crippen molar-refractivity contribution in [1.29, 1.82) is 0 Å². The van der Waals surface area contributed by atoms with Crippen LogP contribution < -0.4 is 5.32 Å². The third-order valence-corrected chi connectivity index (χ3v) is 3.96. The molecule has 0 aliphatic carbocycles. The molecule has 0 saturated carbocycles. The Bertz CT molecular complexity index is 355. The van der Waals surface area contributed by atoms with Crippen molar-refractivity contribution in [3.8, 4) is 0 Å². The van der Waals surface area contributed by atoms with E-state index in [9.17, 15) is 0 Å². The molecule has 19 heavy (non-hydrogen) atoms. The maximum Gasteiger partial charge on any atom is 0.122 e. The van der Waals surface area contributed by atoms with Crippen molar-refractivity contribution < 1.29 is 0 Å². The van der Waals surface area contributed by atoms with E-state index in [1.165, 1.54) is 51.3 Å². The molecule has 0 aromatic carbocycles. The molecular weight excluding hydrogens is 236 g/mol. The standard InChI is InChI=1S/C15H28N4/c1-3-9-18(12-14-6-5-7-16-11-14)13-15-17-8-10-19(15)4-2/h8,10,14,16H,3-7,9,11-13H2,1-2H3. The zero-order valence-electron chi connectivity index (χ0n) is 12.4. The van der Waals surface area contributed by atoms with Crippen LogP contribution in [-0.4, -0.2) is 40.6 Å². The van der Waals surface area contributed by atoms with E-state index in [1.54, 1.807) is 0 Å². The van der Waals surface area contributed by atoms with Gasteiger partial charge in [-0.3, -0.25) is 4.90 Å². The number of hydrogen-bond donors (Lipinski definition) is 1. The second kappa shape index (κ2) is 7.65. The Balaban J connectivity index is 1.91. The van der Waals surface area contributed by atoms with Crippen molar-refractivity contribution in [3.05, 3.63) is 18.2 Å². The Morgan fingerprint density at radius 2 is 2.37 bits per heavy atom. The Kier molecular flexibility index (Phi) is 5.86. The summed E-state index contributed by atoms with van der Waals surface area (Å²) in [6, 6.07) is 0. The number of nitrogens with one attached hydrogen (secondary N) is 1. The van der Waals surface area contributed by atoms with Crippen LogP contribution in [0.25, 0.3) is 0 Å². The van der Waals surface area contributed by atoms with Crippen LogP contribution in [0.2, 0.25) is 0 Å². The first-order valence-electron chi connectivity index (χ1n) is 7.76. The van der Waals surface area contributed by atoms with Gasteiger partial charge in [-0.2, -0.15) is 0 Å². The zero-order valence-corrected chi connectivity index (χ0v) is 12.4. The first-order chi connectivity index (χ1) is 9.33. The van der Waals surface area contributed by atoms with Crippen molar-refractivity contribution in [2.45, 2.75) is 46.2 Å². The molecule has 2 heterocycles. The zero-order chi connectivity index (χ0) is 13.5. The lowest BCUT2D eigenvalue weighted by molar-refractivity contribution is 0.195. The van der Waals surface area contributed by atoms with Crippen LogP contribution in [0.15, 0.2) is 12.4 Å². The van der Waals surface area contributed by atoms with Gasteiger partial charge in [0.15, 0.2) is 0 Å². The predicted molar refractivity (Wildman–Crippen MR) is 79.1 cm³/mol. The second-order valence-corrected chi connectivity index (χ2v) is 5.58. The molecule has 1 N–H and O–H groups in total. The van der Waals surface area contributed by atoms with Crippen molar-refractivity contribution in [3.63, 3.8) is 0 Å². The van der Waals surface area contributed by atoms with Crippen LogP contribution in [0, 0.1) is 5.92 Å². The van der Waals surface area contributed by atoms with Gasteiger partial charge in [-0.05, 0) is 51.7 Å². The van der Waals surface area contributed by atoms with Gasteiger partial charge in [0.25, 0.3) is 0 Å². The number of aryl methyl sites for hydroxylation is 1. The maximum absolute atomic E-state index is 4.51. The SMILES string of the molecule is CCCN(Cc1nccn1CC)CC1CCCNC1. The molecule has 1 aromatic rings. The van der Waals surface area contributed by atoms with Gasteiger partial charge in [0, 0.05) is 25.5 Å². The second-order valence-electron chi connectivity index (χ2n) is 5.58. The van der Waals surface area contributed by atoms with Gasteiger partial charge < -0.3 is 9.88 Å². The van der Waals surface area contributed by atoms with Crippen molar-refractivity contribution in [2.75, 3.05) is 26.2 Å². The topological polar surface area (TPSA) is 33.1 Å². The third kappa shape index (κ3) is 4.32. The number of aromatic nitrogens is 2. The van der Waals surface area contributed by atoms with Gasteiger partial charge in [-0.25, -0.2) is 4.98 Å². The molecule has 2 rings (SSSR count). The number of hydrogen-bond acceptors (Lipinski definition) is 3. The molecule has 0 amide bonds. The van der Waals surface area contributed by atoms with Gasteiger partial charge in [0.2, 0.25) is 0 Å². The fourth-order valence-corrected chi connectivity index (χ4v) is 2.98. The summed E-state index contributed by atoms with van der Waals surface area (Å²) in [4.78, 5) is 7.08. The normalized spacial score (nSPS) is 20.1. The van der Waals surface area contributed by atoms with Crippen molar-refractivity contribution >= 4 is 0 Å². The van der Waals surface area contributed by atoms with Crippen molar-refractivity contribution in [2.24, 2.45) is 5.92 Å². The molecule has 0 bridgehead atoms. The highest BCUT2D eigenvalue weighted by Gasteiger charge is 2.17. The summed E-state index contributed by atoms with van der Waals surface area (Å²) < 4.78 is 2.25. The highest BCUT2D eigenvalue weighted by molar-refractivity contribution is 4.92. The molecule has 1 aliphatic rings. The minimum Gasteiger partial charge on any atom is -0.334 e. The highest BCUT2D eigenvalue weighted by atomic mass is 15.2. The Labute approximate surface area is 117 Å². The van der Waals surface area contributed by atoms with Gasteiger partial charge >= 0.3 is 0 Å². The van der Waals surface area contributed by atoms with E-state index in [-0.39, 0.29) is 0 Å². The molecule has 0 radical (unpaired) electrons. The van der Waals surface area contributed by atoms with Crippen molar-refractivity contribution in [1.82, 2.24) is 19.8 Å². The molecule has 4 nitrogen and oxygen atoms in total. The summed E-state index contributed by atoms with van der Waals surface area (Å²) in [6.07, 6.45) is 7.92. The first-order valence-corrected chi connectivity index (χ1v) is 7.76. The van der Waals surface area contributed by atoms with Crippen LogP contribution in [0.3, 0.4) is 0 Å². The van der Waals surface area contributed by atoms with Gasteiger partial charge in [-0.15, -0.1) is 0 Å². The maximum atomic E-state index is 4.51. The smallest absolute Gasteiger partial charge is 0.122 e. The summed E-state index contributed by atoms with van der Waals surface area (Å²) >= 11 is 0. The monoisotopic (exact) mass is 264 g/mol. The van der Waals surface area contributed by atoms with E-state index >= 15 is 0 Å². The first kappa shape index (κ1) is 14.5. The van der Waals surface area contributed by atoms with E-state index < -0.39 is 0 Å². The molecule has 1 unspecified atom stereocenters. The molecule has 1 aliphatic heterocycles. The minimum absolute atomic E-state index is 0.810. The lowest BCUT2D eigenvalue weighted by Gasteiger charge is -2.29. The van der Waals surface area contributed by atoms with Gasteiger partial charge in [-0.1, -0.05) is 6.92 Å². The molecule has 1 aromatic heterocycles. The fourth-order valence-electron chi connectivity index (χ4n) is 2.98. The van der Waals surface area contributed by atoms with Crippen LogP contribution in [-0.2, 0) is 13.1 Å². The van der Waals surface area contributed by atoms with E-state index in [4.69, 9.17) is 0 Å². The Morgan fingerprint density at radius 3 is 3.05 bits per heavy atom. The third-order valence-electron chi connectivity index (χ3n) is 3.96. The lowest BCUT2D eigenvalue weighted by Crippen LogP contribution is -2.38. The summed E-state index contributed by atoms with van der Waals surface area (Å²) in [5.41, 5.74) is 0. The van der Waals surface area contributed by atoms with Crippen LogP contribution in [0.5, 0.6) is 0 Å². The van der Waals surface area contributed by atoms with Crippen LogP contribution in [0.1, 0.15) is 38.9 Å². The summed E-state index contributed by atoms with van der Waals surface area (Å²) in [5, 5.41) is 3.52. The molecule has 108 valence electrons. The number of piperidine rings is 1. The Morgan fingerprint density at radius 1 is 1.47 bits per heavy atom. The number of nitrogens with zero attached hydrogens (tertiary/aromatic N) is 3. The molecule has 1 atom stereocenters. The molecule has 1 fully saturated rings. The average Bonchev–Trinajstić information content (AvgIpc) is 2.87. The van der Waals surface area contributed by atoms with Gasteiger partial charge in [0.05, 0.1) is 6.54 Å². The average molecular weight is 264 g/mol. The van der Waals surface area contributed by atoms with Gasteiger partial charge in [0.1, 0.15) is 5.82 Å². The number of imidazole rings is 1. The summed E-state index contributed by atoms with van der Waals surface area (Å²) in [5.74, 6) is 2.02. The molecule has 4 heteroatoms. The van der Waals surface area contributed by atoms with E-state index in [1.807, 2.05) is 6.20 Å². The summed E-state index contributed by atoms with van der Waals surface area (Å²) in [6.45, 7) is 11.2. The predicted octanol–water partition coefficient (Wildman–Crippen LogP) is 2.11. The van der Waals surface area contributed by atoms with Crippen LogP contribution >= 0.6 is 0 Å². The molecule has 0 spiro atoms. The summed E-state index contributed by atoms with van der Waals surface area (Å²) in [7, 11) is 0. The Hall–Kier alpha value is -0.870. The quantitative estimate of drug-likeness (QED) is 0.819. The molecular formula is C15H28N4. The lowest BCUT2D eigenvalue weighted by atomic mass is 9.99. The van der Waals surface area contributed by atoms with E-state index in [0.717, 1.165) is 19.0 Å².